The first kappa shape index (κ1) is 28.4. The zero-order valence-electron chi connectivity index (χ0n) is 21.2. The maximum absolute atomic E-state index is 8.74. The average molecular weight is 558 g/mol. The van der Waals surface area contributed by atoms with Crippen LogP contribution in [0, 0.1) is 0 Å². The molecule has 3 fully saturated rings. The molecule has 2 heterocycles. The van der Waals surface area contributed by atoms with Gasteiger partial charge in [0.15, 0.2) is 0 Å². The molecule has 4 N–H and O–H groups in total. The van der Waals surface area contributed by atoms with E-state index in [2.05, 4.69) is 27.8 Å². The number of hydrogen-bond acceptors (Lipinski definition) is 8. The van der Waals surface area contributed by atoms with Gasteiger partial charge >= 0.3 is 10.4 Å². The molecule has 0 bridgehead atoms. The third-order valence-electron chi connectivity index (χ3n) is 7.11. The van der Waals surface area contributed by atoms with Gasteiger partial charge in [0.2, 0.25) is 5.79 Å². The lowest BCUT2D eigenvalue weighted by molar-refractivity contribution is -0.511. The predicted molar refractivity (Wildman–Crippen MR) is 141 cm³/mol. The number of rotatable bonds is 4. The summed E-state index contributed by atoms with van der Waals surface area (Å²) in [5.41, 5.74) is 1.73. The van der Waals surface area contributed by atoms with E-state index in [9.17, 15) is 0 Å². The summed E-state index contributed by atoms with van der Waals surface area (Å²) in [7, 11) is -4.67. The Morgan fingerprint density at radius 3 is 2.22 bits per heavy atom. The summed E-state index contributed by atoms with van der Waals surface area (Å²) in [4.78, 5) is 15.7. The molecular formula is C25H36ClN3O7S. The molecule has 0 amide bonds. The largest absolute Gasteiger partial charge is 0.394 e. The van der Waals surface area contributed by atoms with Crippen molar-refractivity contribution in [1.82, 2.24) is 10.3 Å². The summed E-state index contributed by atoms with van der Waals surface area (Å²) in [6, 6.07) is 9.60. The van der Waals surface area contributed by atoms with Crippen LogP contribution in [0.15, 0.2) is 30.5 Å². The van der Waals surface area contributed by atoms with Crippen LogP contribution in [0.4, 0.5) is 5.69 Å². The van der Waals surface area contributed by atoms with Crippen LogP contribution in [-0.4, -0.2) is 58.6 Å². The molecule has 1 aromatic carbocycles. The molecule has 0 atom stereocenters. The summed E-state index contributed by atoms with van der Waals surface area (Å²) < 4.78 is 37.7. The second-order valence-corrected chi connectivity index (χ2v) is 12.1. The Bertz CT molecular complexity index is 1140. The van der Waals surface area contributed by atoms with Crippen molar-refractivity contribution in [2.45, 2.75) is 94.7 Å². The highest BCUT2D eigenvalue weighted by Gasteiger charge is 2.45. The minimum atomic E-state index is -4.67. The molecule has 10 nitrogen and oxygen atoms in total. The van der Waals surface area contributed by atoms with Gasteiger partial charge < -0.3 is 15.4 Å². The summed E-state index contributed by atoms with van der Waals surface area (Å²) in [5, 5.41) is 9.52. The summed E-state index contributed by atoms with van der Waals surface area (Å²) in [6.45, 7) is 4.57. The first-order valence-corrected chi connectivity index (χ1v) is 14.4. The topological polar surface area (TPSA) is 139 Å². The fourth-order valence-corrected chi connectivity index (χ4v) is 5.37. The van der Waals surface area contributed by atoms with Gasteiger partial charge in [-0.3, -0.25) is 14.1 Å². The van der Waals surface area contributed by atoms with E-state index in [0.717, 1.165) is 47.3 Å². The number of benzene rings is 1. The molecule has 2 aliphatic carbocycles. The zero-order valence-corrected chi connectivity index (χ0v) is 22.7. The smallest absolute Gasteiger partial charge is 0.382 e. The second kappa shape index (κ2) is 11.7. The van der Waals surface area contributed by atoms with Gasteiger partial charge in [0.05, 0.1) is 12.1 Å². The van der Waals surface area contributed by atoms with E-state index in [0.29, 0.717) is 24.7 Å². The highest BCUT2D eigenvalue weighted by molar-refractivity contribution is 7.79. The van der Waals surface area contributed by atoms with Crippen molar-refractivity contribution in [3.8, 4) is 0 Å². The van der Waals surface area contributed by atoms with Crippen molar-refractivity contribution >= 4 is 38.6 Å². The van der Waals surface area contributed by atoms with Gasteiger partial charge in [0, 0.05) is 53.3 Å². The molecule has 1 aromatic heterocycles. The number of pyridine rings is 1. The predicted octanol–water partition coefficient (Wildman–Crippen LogP) is 4.94. The summed E-state index contributed by atoms with van der Waals surface area (Å²) in [6.07, 6.45) is 10.5. The van der Waals surface area contributed by atoms with Crippen LogP contribution in [0.25, 0.3) is 10.9 Å². The van der Waals surface area contributed by atoms with E-state index in [4.69, 9.17) is 43.6 Å². The average Bonchev–Trinajstić information content (AvgIpc) is 2.83. The Morgan fingerprint density at radius 1 is 0.973 bits per heavy atom. The lowest BCUT2D eigenvalue weighted by Gasteiger charge is -2.45. The quantitative estimate of drug-likeness (QED) is 0.302. The second-order valence-electron chi connectivity index (χ2n) is 10.7. The first-order chi connectivity index (χ1) is 17.4. The van der Waals surface area contributed by atoms with Crippen LogP contribution in [0.1, 0.15) is 65.2 Å². The molecule has 0 radical (unpaired) electrons. The number of anilines is 1. The van der Waals surface area contributed by atoms with E-state index in [1.54, 1.807) is 0 Å². The minimum Gasteiger partial charge on any atom is -0.382 e. The lowest BCUT2D eigenvalue weighted by Crippen LogP contribution is -2.53. The summed E-state index contributed by atoms with van der Waals surface area (Å²) in [5.74, 6) is -0.535. The number of ether oxygens (including phenoxy) is 1. The molecule has 1 saturated heterocycles. The zero-order chi connectivity index (χ0) is 26.7. The molecule has 2 saturated carbocycles. The van der Waals surface area contributed by atoms with Crippen LogP contribution in [0.3, 0.4) is 0 Å². The van der Waals surface area contributed by atoms with Gasteiger partial charge in [0.1, 0.15) is 5.60 Å². The van der Waals surface area contributed by atoms with Crippen molar-refractivity contribution in [3.05, 3.63) is 35.5 Å². The molecule has 2 aromatic rings. The van der Waals surface area contributed by atoms with Gasteiger partial charge in [-0.25, -0.2) is 9.78 Å². The Hall–Kier alpha value is -1.57. The van der Waals surface area contributed by atoms with Crippen LogP contribution < -0.4 is 10.6 Å². The van der Waals surface area contributed by atoms with Crippen LogP contribution in [0.2, 0.25) is 5.02 Å². The highest BCUT2D eigenvalue weighted by Crippen LogP contribution is 2.38. The van der Waals surface area contributed by atoms with Gasteiger partial charge in [0.25, 0.3) is 0 Å². The number of nitrogens with one attached hydrogen (secondary N) is 2. The summed E-state index contributed by atoms with van der Waals surface area (Å²) >= 11 is 6.13. The molecule has 3 aliphatic rings. The highest BCUT2D eigenvalue weighted by atomic mass is 35.5. The number of halogens is 1. The molecule has 1 aliphatic heterocycles. The van der Waals surface area contributed by atoms with Gasteiger partial charge in [-0.15, -0.1) is 0 Å². The fraction of sp³-hybridized carbons (Fsp3) is 0.640. The molecule has 5 rings (SSSR count). The molecule has 0 unspecified atom stereocenters. The van der Waals surface area contributed by atoms with E-state index < -0.39 is 16.2 Å². The molecular weight excluding hydrogens is 522 g/mol. The Balaban J connectivity index is 0.000000586. The molecule has 206 valence electrons. The van der Waals surface area contributed by atoms with Crippen LogP contribution >= 0.6 is 11.6 Å². The third kappa shape index (κ3) is 8.46. The van der Waals surface area contributed by atoms with Crippen molar-refractivity contribution in [1.29, 1.82) is 0 Å². The Labute approximate surface area is 222 Å². The number of aromatic nitrogens is 1. The Morgan fingerprint density at radius 2 is 1.59 bits per heavy atom. The van der Waals surface area contributed by atoms with Crippen molar-refractivity contribution < 1.29 is 32.0 Å². The lowest BCUT2D eigenvalue weighted by atomic mass is 9.86. The maximum Gasteiger partial charge on any atom is 0.394 e. The fourth-order valence-electron chi connectivity index (χ4n) is 5.20. The maximum atomic E-state index is 8.74. The van der Waals surface area contributed by atoms with Crippen molar-refractivity contribution in [2.75, 3.05) is 11.9 Å². The first-order valence-electron chi connectivity index (χ1n) is 12.7. The standard InChI is InChI=1S/C25H34ClN3O3.H2O4S/c1-24(2)16-30-25(32-31-24)12-9-20(10-13-25)28-18-4-6-19(7-5-18)29-22-11-14-27-23-15-17(26)3-8-21(22)23;1-5(2,3)4/h3,8,11,14-15,18-20,28H,4-7,9-10,12-13,16H2,1-2H3,(H,27,29);(H2,1,2,3,4). The van der Waals surface area contributed by atoms with Gasteiger partial charge in [-0.1, -0.05) is 11.6 Å². The minimum absolute atomic E-state index is 0.359. The number of hydrogen-bond donors (Lipinski definition) is 4. The van der Waals surface area contributed by atoms with Crippen molar-refractivity contribution in [2.24, 2.45) is 0 Å². The number of nitrogens with zero attached hydrogens (tertiary/aromatic N) is 1. The SMILES string of the molecule is CC1(C)COC2(CCC(NC3CCC(Nc4ccnc5cc(Cl)ccc45)CC3)CC2)OO1.O=S(=O)(O)O. The van der Waals surface area contributed by atoms with Crippen molar-refractivity contribution in [3.63, 3.8) is 0 Å². The van der Waals surface area contributed by atoms with Crippen LogP contribution in [0.5, 0.6) is 0 Å². The van der Waals surface area contributed by atoms with E-state index in [-0.39, 0.29) is 5.60 Å². The Kier molecular flexibility index (Phi) is 8.97. The van der Waals surface area contributed by atoms with Gasteiger partial charge in [-0.05, 0) is 76.6 Å². The van der Waals surface area contributed by atoms with Gasteiger partial charge in [-0.2, -0.15) is 8.42 Å². The number of fused-ring (bicyclic) bond motifs is 1. The van der Waals surface area contributed by atoms with E-state index >= 15 is 0 Å². The molecule has 1 spiro atoms. The monoisotopic (exact) mass is 557 g/mol. The molecule has 37 heavy (non-hydrogen) atoms. The molecule has 12 heteroatoms. The van der Waals surface area contributed by atoms with E-state index in [1.165, 1.54) is 25.7 Å². The van der Waals surface area contributed by atoms with Crippen LogP contribution in [-0.2, 0) is 24.9 Å². The normalized spacial score (nSPS) is 29.9. The third-order valence-corrected chi connectivity index (χ3v) is 7.35. The van der Waals surface area contributed by atoms with E-state index in [1.807, 2.05) is 32.2 Å².